The number of amides is 4. The normalized spacial score (nSPS) is 24.5. The topological polar surface area (TPSA) is 140 Å². The molecule has 3 aliphatic carbocycles. The summed E-state index contributed by atoms with van der Waals surface area (Å²) in [5, 5.41) is 2.81. The van der Waals surface area contributed by atoms with Crippen LogP contribution in [-0.4, -0.2) is 69.1 Å². The van der Waals surface area contributed by atoms with Gasteiger partial charge in [-0.25, -0.2) is 0 Å². The van der Waals surface area contributed by atoms with Gasteiger partial charge in [-0.3, -0.25) is 38.6 Å². The second-order valence-electron chi connectivity index (χ2n) is 14.5. The Bertz CT molecular complexity index is 2380. The number of Topliss-reactive ketones (excluding diaryl/α,β-unsaturated/α-hetero) is 2. The number of fused-ring (bicyclic) bond motifs is 16. The Morgan fingerprint density at radius 1 is 0.620 bits per heavy atom. The summed E-state index contributed by atoms with van der Waals surface area (Å²) in [6.45, 7) is 0. The van der Waals surface area contributed by atoms with Gasteiger partial charge in [-0.2, -0.15) is 0 Å². The fourth-order valence-electron chi connectivity index (χ4n) is 9.64. The molecule has 10 nitrogen and oxygen atoms in total. The maximum Gasteiger partial charge on any atom is 0.262 e. The lowest BCUT2D eigenvalue weighted by atomic mass is 9.64. The van der Waals surface area contributed by atoms with Crippen molar-refractivity contribution in [2.75, 3.05) is 14.1 Å². The molecule has 5 aliphatic rings. The Morgan fingerprint density at radius 2 is 1.24 bits per heavy atom. The van der Waals surface area contributed by atoms with Gasteiger partial charge in [0, 0.05) is 78.6 Å². The highest BCUT2D eigenvalue weighted by molar-refractivity contribution is 6.31. The molecule has 3 aromatic carbocycles. The first kappa shape index (κ1) is 30.7. The first-order valence-corrected chi connectivity index (χ1v) is 17.5. The highest BCUT2D eigenvalue weighted by Crippen LogP contribution is 2.56. The minimum Gasteiger partial charge on any atom is -0.358 e. The Hall–Kier alpha value is -5.38. The van der Waals surface area contributed by atoms with Crippen molar-refractivity contribution in [2.24, 2.45) is 11.8 Å². The molecule has 10 heteroatoms. The SMILES string of the molecule is CN1C(=O)C2c3c([nH]c4ccccc34)C3CCC(=O)CCC3C2C1=O.CN1C(=O)c2c3c(c4[nH]c5ccccc5c4c2C1=O)CCC(=O)CC3. The van der Waals surface area contributed by atoms with Crippen LogP contribution in [0.4, 0.5) is 0 Å². The van der Waals surface area contributed by atoms with E-state index < -0.39 is 5.92 Å². The predicted molar refractivity (Wildman–Crippen MR) is 186 cm³/mol. The second kappa shape index (κ2) is 11.1. The summed E-state index contributed by atoms with van der Waals surface area (Å²) in [5.74, 6) is -0.709. The molecule has 4 heterocycles. The lowest BCUT2D eigenvalue weighted by Gasteiger charge is -2.36. The quantitative estimate of drug-likeness (QED) is 0.160. The molecule has 4 atom stereocenters. The number of carbonyl (C=O) groups excluding carboxylic acids is 6. The molecule has 1 saturated carbocycles. The zero-order valence-corrected chi connectivity index (χ0v) is 27.9. The van der Waals surface area contributed by atoms with E-state index in [2.05, 4.69) is 9.97 Å². The maximum atomic E-state index is 12.9. The molecule has 2 N–H and O–H groups in total. The van der Waals surface area contributed by atoms with Crippen LogP contribution in [0.1, 0.15) is 93.5 Å². The van der Waals surface area contributed by atoms with Crippen molar-refractivity contribution in [3.63, 3.8) is 0 Å². The summed E-state index contributed by atoms with van der Waals surface area (Å²) in [6.07, 6.45) is 4.58. The first-order chi connectivity index (χ1) is 24.2. The van der Waals surface area contributed by atoms with Crippen LogP contribution in [0, 0.1) is 11.8 Å². The van der Waals surface area contributed by atoms with Crippen LogP contribution < -0.4 is 0 Å². The number of para-hydroxylation sites is 2. The number of nitrogens with zero attached hydrogens (tertiary/aromatic N) is 2. The minimum absolute atomic E-state index is 0.0680. The van der Waals surface area contributed by atoms with Gasteiger partial charge in [-0.1, -0.05) is 36.4 Å². The van der Waals surface area contributed by atoms with Gasteiger partial charge in [-0.05, 0) is 60.4 Å². The summed E-state index contributed by atoms with van der Waals surface area (Å²) in [5.41, 5.74) is 7.84. The summed E-state index contributed by atoms with van der Waals surface area (Å²) >= 11 is 0. The molecular formula is C40H36N4O6. The van der Waals surface area contributed by atoms with Crippen LogP contribution in [0.15, 0.2) is 48.5 Å². The molecule has 10 rings (SSSR count). The van der Waals surface area contributed by atoms with E-state index in [9.17, 15) is 28.8 Å². The number of aromatic amines is 2. The van der Waals surface area contributed by atoms with E-state index in [4.69, 9.17) is 0 Å². The summed E-state index contributed by atoms with van der Waals surface area (Å²) in [7, 11) is 3.12. The number of aromatic nitrogens is 2. The van der Waals surface area contributed by atoms with Gasteiger partial charge in [-0.15, -0.1) is 0 Å². The van der Waals surface area contributed by atoms with Crippen LogP contribution in [0.25, 0.3) is 32.7 Å². The number of hydrogen-bond acceptors (Lipinski definition) is 6. The number of likely N-dealkylation sites (N-methyl/N-ethyl adjacent to an activating group) is 1. The second-order valence-corrected chi connectivity index (χ2v) is 14.5. The van der Waals surface area contributed by atoms with Crippen molar-refractivity contribution < 1.29 is 28.8 Å². The Morgan fingerprint density at radius 3 is 2.00 bits per heavy atom. The summed E-state index contributed by atoms with van der Waals surface area (Å²) in [4.78, 5) is 84.9. The molecule has 4 unspecified atom stereocenters. The molecular weight excluding hydrogens is 632 g/mol. The lowest BCUT2D eigenvalue weighted by Crippen LogP contribution is -2.35. The Kier molecular flexibility index (Phi) is 6.79. The van der Waals surface area contributed by atoms with Gasteiger partial charge in [0.05, 0.1) is 28.5 Å². The number of rotatable bonds is 0. The van der Waals surface area contributed by atoms with Gasteiger partial charge in [0.25, 0.3) is 11.8 Å². The summed E-state index contributed by atoms with van der Waals surface area (Å²) in [6, 6.07) is 15.8. The number of hydrogen-bond donors (Lipinski definition) is 2. The number of nitrogens with one attached hydrogen (secondary N) is 2. The minimum atomic E-state index is -0.405. The fourth-order valence-corrected chi connectivity index (χ4v) is 9.64. The van der Waals surface area contributed by atoms with E-state index in [0.717, 1.165) is 61.5 Å². The smallest absolute Gasteiger partial charge is 0.262 e. The number of likely N-dealkylation sites (tertiary alicyclic amines) is 1. The summed E-state index contributed by atoms with van der Waals surface area (Å²) < 4.78 is 0. The van der Waals surface area contributed by atoms with Crippen molar-refractivity contribution in [1.29, 1.82) is 0 Å². The maximum absolute atomic E-state index is 12.9. The van der Waals surface area contributed by atoms with Gasteiger partial charge in [0.15, 0.2) is 0 Å². The average Bonchev–Trinajstić information content (AvgIpc) is 3.72. The Balaban J connectivity index is 0.000000135. The van der Waals surface area contributed by atoms with E-state index in [1.54, 1.807) is 7.05 Å². The molecule has 4 amide bonds. The lowest BCUT2D eigenvalue weighted by molar-refractivity contribution is -0.138. The molecule has 2 aliphatic heterocycles. The van der Waals surface area contributed by atoms with E-state index in [1.165, 1.54) is 16.8 Å². The molecule has 2 fully saturated rings. The van der Waals surface area contributed by atoms with Crippen molar-refractivity contribution in [3.8, 4) is 0 Å². The van der Waals surface area contributed by atoms with E-state index >= 15 is 0 Å². The highest BCUT2D eigenvalue weighted by Gasteiger charge is 2.57. The largest absolute Gasteiger partial charge is 0.358 e. The molecule has 0 spiro atoms. The third-order valence-electron chi connectivity index (χ3n) is 12.0. The van der Waals surface area contributed by atoms with Crippen LogP contribution in [0.2, 0.25) is 0 Å². The van der Waals surface area contributed by atoms with Crippen LogP contribution in [0.3, 0.4) is 0 Å². The molecule has 252 valence electrons. The number of aryl methyl sites for hydroxylation is 1. The number of carbonyl (C=O) groups is 6. The van der Waals surface area contributed by atoms with Crippen molar-refractivity contribution >= 4 is 67.9 Å². The number of ketones is 2. The number of imide groups is 2. The third kappa shape index (κ3) is 4.20. The van der Waals surface area contributed by atoms with Gasteiger partial charge in [0.2, 0.25) is 11.8 Å². The van der Waals surface area contributed by atoms with Crippen molar-refractivity contribution in [3.05, 3.63) is 82.0 Å². The average molecular weight is 669 g/mol. The molecule has 50 heavy (non-hydrogen) atoms. The molecule has 1 saturated heterocycles. The van der Waals surface area contributed by atoms with Crippen molar-refractivity contribution in [1.82, 2.24) is 19.8 Å². The third-order valence-corrected chi connectivity index (χ3v) is 12.0. The monoisotopic (exact) mass is 668 g/mol. The van der Waals surface area contributed by atoms with Gasteiger partial charge in [0.1, 0.15) is 11.6 Å². The van der Waals surface area contributed by atoms with Crippen LogP contribution in [-0.2, 0) is 32.0 Å². The molecule has 0 bridgehead atoms. The van der Waals surface area contributed by atoms with E-state index in [-0.39, 0.29) is 52.9 Å². The zero-order valence-electron chi connectivity index (χ0n) is 27.9. The predicted octanol–water partition coefficient (Wildman–Crippen LogP) is 5.72. The van der Waals surface area contributed by atoms with Crippen LogP contribution in [0.5, 0.6) is 0 Å². The molecule has 0 radical (unpaired) electrons. The number of benzene rings is 3. The van der Waals surface area contributed by atoms with E-state index in [1.807, 2.05) is 48.5 Å². The van der Waals surface area contributed by atoms with Crippen molar-refractivity contribution in [2.45, 2.75) is 63.2 Å². The molecule has 5 aromatic rings. The zero-order chi connectivity index (χ0) is 34.6. The highest BCUT2D eigenvalue weighted by atomic mass is 16.2. The Labute approximate surface area is 287 Å². The van der Waals surface area contributed by atoms with E-state index in [0.29, 0.717) is 56.1 Å². The van der Waals surface area contributed by atoms with Gasteiger partial charge >= 0.3 is 0 Å². The molecule has 2 aromatic heterocycles. The standard InChI is InChI=1S/C20H20N2O3.C20H16N2O3/c2*1-22-19(24)16-11-8-6-10(23)7-9-12(11)18-15(17(16)20(22)25)13-4-2-3-5-14(13)21-18/h2-5,11-12,16-17,21H,6-9H2,1H3;2-5,21H,6-9H2,1H3. The fraction of sp³-hybridized carbons (Fsp3) is 0.350. The first-order valence-electron chi connectivity index (χ1n) is 17.5. The number of H-pyrrole nitrogens is 2. The van der Waals surface area contributed by atoms with Gasteiger partial charge < -0.3 is 9.97 Å². The van der Waals surface area contributed by atoms with Crippen LogP contribution >= 0.6 is 0 Å².